The molecule has 1 heterocycles. The highest BCUT2D eigenvalue weighted by Gasteiger charge is 2.21. The average molecular weight is 212 g/mol. The highest BCUT2D eigenvalue weighted by molar-refractivity contribution is 9.09. The molecule has 0 fully saturated rings. The fraction of sp³-hybridized carbons (Fsp3) is 0.750. The zero-order chi connectivity index (χ0) is 6.85. The normalized spacial score (nSPS) is 25.9. The van der Waals surface area contributed by atoms with Crippen LogP contribution in [0.3, 0.4) is 0 Å². The molecular formula is C4H7BrClN3. The Morgan fingerprint density at radius 3 is 2.78 bits per heavy atom. The van der Waals surface area contributed by atoms with E-state index in [0.717, 1.165) is 6.54 Å². The number of alkyl halides is 1. The van der Waals surface area contributed by atoms with Crippen molar-refractivity contribution in [1.82, 2.24) is 9.43 Å². The van der Waals surface area contributed by atoms with Crippen LogP contribution in [-0.2, 0) is 0 Å². The summed E-state index contributed by atoms with van der Waals surface area (Å²) in [5.41, 5.74) is 0. The number of hydrogen-bond donors (Lipinski definition) is 0. The topological polar surface area (TPSA) is 18.8 Å². The standard InChI is InChI=1S/C4H7BrClN3/c1-2-9-4(5)8(6)3-7-9/h3-4H,2H2,1H3. The largest absolute Gasteiger partial charge is 0.262 e. The molecule has 0 aliphatic carbocycles. The van der Waals surface area contributed by atoms with E-state index in [-0.39, 0.29) is 5.08 Å². The Balaban J connectivity index is 2.51. The molecule has 0 saturated heterocycles. The lowest BCUT2D eigenvalue weighted by Gasteiger charge is -2.18. The summed E-state index contributed by atoms with van der Waals surface area (Å²) >= 11 is 8.96. The summed E-state index contributed by atoms with van der Waals surface area (Å²) in [6.07, 6.45) is 1.57. The minimum Gasteiger partial charge on any atom is -0.262 e. The molecule has 5 heteroatoms. The third-order valence-electron chi connectivity index (χ3n) is 1.08. The van der Waals surface area contributed by atoms with Gasteiger partial charge >= 0.3 is 0 Å². The summed E-state index contributed by atoms with van der Waals surface area (Å²) in [6.45, 7) is 2.87. The molecule has 9 heavy (non-hydrogen) atoms. The number of halogens is 2. The van der Waals surface area contributed by atoms with Crippen molar-refractivity contribution in [3.63, 3.8) is 0 Å². The second-order valence-corrected chi connectivity index (χ2v) is 2.85. The van der Waals surface area contributed by atoms with Gasteiger partial charge in [-0.3, -0.25) is 5.01 Å². The molecule has 0 aromatic heterocycles. The van der Waals surface area contributed by atoms with Gasteiger partial charge in [0.1, 0.15) is 6.34 Å². The zero-order valence-electron chi connectivity index (χ0n) is 4.96. The Bertz CT molecular complexity index is 129. The van der Waals surface area contributed by atoms with E-state index in [2.05, 4.69) is 21.0 Å². The van der Waals surface area contributed by atoms with Gasteiger partial charge < -0.3 is 0 Å². The van der Waals surface area contributed by atoms with Crippen molar-refractivity contribution in [3.05, 3.63) is 0 Å². The van der Waals surface area contributed by atoms with Gasteiger partial charge in [0.2, 0.25) is 0 Å². The van der Waals surface area contributed by atoms with Gasteiger partial charge in [0.25, 0.3) is 0 Å². The van der Waals surface area contributed by atoms with Crippen molar-refractivity contribution in [1.29, 1.82) is 0 Å². The molecule has 0 N–H and O–H groups in total. The first-order chi connectivity index (χ1) is 4.25. The Morgan fingerprint density at radius 2 is 2.56 bits per heavy atom. The highest BCUT2D eigenvalue weighted by atomic mass is 79.9. The van der Waals surface area contributed by atoms with Crippen molar-refractivity contribution in [2.24, 2.45) is 5.10 Å². The van der Waals surface area contributed by atoms with Gasteiger partial charge in [-0.25, -0.2) is 4.42 Å². The lowest BCUT2D eigenvalue weighted by molar-refractivity contribution is 0.269. The van der Waals surface area contributed by atoms with Gasteiger partial charge in [0.05, 0.1) is 0 Å². The van der Waals surface area contributed by atoms with Crippen molar-refractivity contribution < 1.29 is 0 Å². The zero-order valence-corrected chi connectivity index (χ0v) is 7.30. The maximum atomic E-state index is 5.63. The first-order valence-electron chi connectivity index (χ1n) is 2.64. The van der Waals surface area contributed by atoms with Gasteiger partial charge in [-0.05, 0) is 22.9 Å². The van der Waals surface area contributed by atoms with E-state index in [9.17, 15) is 0 Å². The number of hydrogen-bond acceptors (Lipinski definition) is 3. The highest BCUT2D eigenvalue weighted by Crippen LogP contribution is 2.18. The summed E-state index contributed by atoms with van der Waals surface area (Å²) < 4.78 is 1.48. The van der Waals surface area contributed by atoms with Gasteiger partial charge in [-0.2, -0.15) is 5.10 Å². The van der Waals surface area contributed by atoms with Crippen LogP contribution in [0.4, 0.5) is 0 Å². The molecule has 1 atom stereocenters. The summed E-state index contributed by atoms with van der Waals surface area (Å²) in [5, 5.41) is 5.82. The van der Waals surface area contributed by atoms with Crippen LogP contribution >= 0.6 is 27.7 Å². The second-order valence-electron chi connectivity index (χ2n) is 1.64. The quantitative estimate of drug-likeness (QED) is 0.372. The summed E-state index contributed by atoms with van der Waals surface area (Å²) in [7, 11) is 0. The van der Waals surface area contributed by atoms with E-state index in [0.29, 0.717) is 0 Å². The predicted molar refractivity (Wildman–Crippen MR) is 41.3 cm³/mol. The molecule has 0 aromatic carbocycles. The van der Waals surface area contributed by atoms with Crippen molar-refractivity contribution in [2.45, 2.75) is 12.0 Å². The molecule has 1 unspecified atom stereocenters. The molecule has 0 spiro atoms. The second kappa shape index (κ2) is 2.75. The van der Waals surface area contributed by atoms with E-state index in [1.54, 1.807) is 6.34 Å². The third-order valence-corrected chi connectivity index (χ3v) is 2.51. The molecule has 1 rings (SSSR count). The SMILES string of the molecule is CCN1N=CN(Cl)C1Br. The van der Waals surface area contributed by atoms with Crippen molar-refractivity contribution in [3.8, 4) is 0 Å². The Labute approximate surface area is 67.5 Å². The van der Waals surface area contributed by atoms with Crippen LogP contribution in [0.15, 0.2) is 5.10 Å². The molecule has 0 saturated carbocycles. The van der Waals surface area contributed by atoms with Gasteiger partial charge in [0, 0.05) is 18.3 Å². The fourth-order valence-electron chi connectivity index (χ4n) is 0.585. The van der Waals surface area contributed by atoms with Gasteiger partial charge in [0.15, 0.2) is 5.08 Å². The van der Waals surface area contributed by atoms with E-state index in [4.69, 9.17) is 11.8 Å². The van der Waals surface area contributed by atoms with Crippen LogP contribution in [-0.4, -0.2) is 27.4 Å². The monoisotopic (exact) mass is 211 g/mol. The lowest BCUT2D eigenvalue weighted by atomic mass is 10.7. The minimum absolute atomic E-state index is 0.0177. The smallest absolute Gasteiger partial charge is 0.190 e. The van der Waals surface area contributed by atoms with Crippen LogP contribution in [0.2, 0.25) is 0 Å². The summed E-state index contributed by atoms with van der Waals surface area (Å²) in [5.74, 6) is 0. The summed E-state index contributed by atoms with van der Waals surface area (Å²) in [6, 6.07) is 0. The van der Waals surface area contributed by atoms with Crippen molar-refractivity contribution >= 4 is 34.0 Å². The molecule has 52 valence electrons. The molecule has 0 radical (unpaired) electrons. The number of nitrogens with zero attached hydrogens (tertiary/aromatic N) is 3. The molecule has 0 amide bonds. The first kappa shape index (κ1) is 7.15. The maximum Gasteiger partial charge on any atom is 0.190 e. The number of hydrazone groups is 1. The molecular weight excluding hydrogens is 205 g/mol. The molecule has 0 aromatic rings. The Hall–Kier alpha value is 0.0400. The van der Waals surface area contributed by atoms with Crippen LogP contribution in [0.5, 0.6) is 0 Å². The van der Waals surface area contributed by atoms with E-state index in [1.807, 2.05) is 11.9 Å². The Morgan fingerprint density at radius 1 is 1.89 bits per heavy atom. The number of rotatable bonds is 1. The maximum absolute atomic E-state index is 5.63. The predicted octanol–water partition coefficient (Wildman–Crippen LogP) is 1.40. The Kier molecular flexibility index (Phi) is 2.18. The third kappa shape index (κ3) is 1.30. The molecule has 1 aliphatic heterocycles. The van der Waals surface area contributed by atoms with Gasteiger partial charge in [-0.1, -0.05) is 0 Å². The van der Waals surface area contributed by atoms with Crippen molar-refractivity contribution in [2.75, 3.05) is 6.54 Å². The van der Waals surface area contributed by atoms with Crippen LogP contribution in [0.1, 0.15) is 6.92 Å². The lowest BCUT2D eigenvalue weighted by Crippen LogP contribution is -2.28. The first-order valence-corrected chi connectivity index (χ1v) is 3.90. The average Bonchev–Trinajstić information content (AvgIpc) is 2.15. The van der Waals surface area contributed by atoms with Crippen LogP contribution in [0, 0.1) is 0 Å². The molecule has 3 nitrogen and oxygen atoms in total. The fourth-order valence-corrected chi connectivity index (χ4v) is 1.23. The summed E-state index contributed by atoms with van der Waals surface area (Å²) in [4.78, 5) is 0. The van der Waals surface area contributed by atoms with Crippen LogP contribution < -0.4 is 0 Å². The molecule has 0 bridgehead atoms. The van der Waals surface area contributed by atoms with E-state index in [1.165, 1.54) is 4.42 Å². The van der Waals surface area contributed by atoms with Crippen LogP contribution in [0.25, 0.3) is 0 Å². The van der Waals surface area contributed by atoms with E-state index < -0.39 is 0 Å². The minimum atomic E-state index is 0.0177. The molecule has 1 aliphatic rings. The van der Waals surface area contributed by atoms with E-state index >= 15 is 0 Å². The van der Waals surface area contributed by atoms with Gasteiger partial charge in [-0.15, -0.1) is 0 Å².